The summed E-state index contributed by atoms with van der Waals surface area (Å²) in [5.41, 5.74) is 0. The van der Waals surface area contributed by atoms with Crippen LogP contribution in [0.4, 0.5) is 0 Å². The van der Waals surface area contributed by atoms with E-state index in [9.17, 15) is 9.90 Å². The van der Waals surface area contributed by atoms with Gasteiger partial charge in [0.25, 0.3) is 0 Å². The Bertz CT molecular complexity index is 901. The molecule has 1 N–H and O–H groups in total. The van der Waals surface area contributed by atoms with Crippen LogP contribution in [0.25, 0.3) is 0 Å². The van der Waals surface area contributed by atoms with Gasteiger partial charge in [0.05, 0.1) is 25.9 Å². The van der Waals surface area contributed by atoms with Crippen LogP contribution in [0.2, 0.25) is 0 Å². The minimum Gasteiger partial charge on any atom is -0.465 e. The van der Waals surface area contributed by atoms with Crippen molar-refractivity contribution >= 4 is 5.97 Å². The monoisotopic (exact) mass is 879 g/mol. The highest BCUT2D eigenvalue weighted by Gasteiger charge is 2.23. The maximum Gasteiger partial charge on any atom is 0.305 e. The SMILES string of the molecule is CCCCCCCCCCCCOCC(CN(CCCCCC(=O)OCC(CCCCCC)CCCCCCCC)CCN(CCO)C1CCCCC1)OCCCCCCCC. The summed E-state index contributed by atoms with van der Waals surface area (Å²) in [7, 11) is 0. The van der Waals surface area contributed by atoms with Gasteiger partial charge in [0.1, 0.15) is 0 Å². The molecule has 62 heavy (non-hydrogen) atoms. The van der Waals surface area contributed by atoms with Crippen LogP contribution in [0.3, 0.4) is 0 Å². The predicted octanol–water partition coefficient (Wildman–Crippen LogP) is 15.0. The van der Waals surface area contributed by atoms with E-state index in [2.05, 4.69) is 37.5 Å². The van der Waals surface area contributed by atoms with Gasteiger partial charge in [-0.25, -0.2) is 0 Å². The third kappa shape index (κ3) is 37.5. The Morgan fingerprint density at radius 2 is 1.03 bits per heavy atom. The van der Waals surface area contributed by atoms with Gasteiger partial charge in [0.2, 0.25) is 0 Å². The summed E-state index contributed by atoms with van der Waals surface area (Å²) < 4.78 is 19.0. The van der Waals surface area contributed by atoms with Crippen molar-refractivity contribution in [3.05, 3.63) is 0 Å². The molecule has 0 aromatic rings. The van der Waals surface area contributed by atoms with Crippen molar-refractivity contribution in [1.29, 1.82) is 0 Å². The summed E-state index contributed by atoms with van der Waals surface area (Å²) >= 11 is 0. The Hall–Kier alpha value is -0.730. The van der Waals surface area contributed by atoms with Crippen LogP contribution in [0.5, 0.6) is 0 Å². The lowest BCUT2D eigenvalue weighted by Gasteiger charge is -2.36. The average Bonchev–Trinajstić information content (AvgIpc) is 3.28. The molecule has 0 aliphatic heterocycles. The van der Waals surface area contributed by atoms with Crippen molar-refractivity contribution in [2.75, 3.05) is 65.8 Å². The third-order valence-electron chi connectivity index (χ3n) is 13.7. The number of carbonyl (C=O) groups is 1. The fourth-order valence-electron chi connectivity index (χ4n) is 9.54. The zero-order valence-corrected chi connectivity index (χ0v) is 42.4. The fraction of sp³-hybridized carbons (Fsp3) is 0.982. The number of unbranched alkanes of at least 4 members (excludes halogenated alkanes) is 24. The van der Waals surface area contributed by atoms with E-state index >= 15 is 0 Å². The van der Waals surface area contributed by atoms with Crippen LogP contribution in [0, 0.1) is 5.92 Å². The van der Waals surface area contributed by atoms with E-state index in [1.54, 1.807) is 0 Å². The first-order valence-electron chi connectivity index (χ1n) is 28.0. The smallest absolute Gasteiger partial charge is 0.305 e. The zero-order chi connectivity index (χ0) is 44.8. The highest BCUT2D eigenvalue weighted by molar-refractivity contribution is 5.69. The van der Waals surface area contributed by atoms with Gasteiger partial charge in [-0.1, -0.05) is 207 Å². The molecule has 7 heteroatoms. The van der Waals surface area contributed by atoms with Gasteiger partial charge in [-0.3, -0.25) is 14.6 Å². The molecule has 2 atom stereocenters. The summed E-state index contributed by atoms with van der Waals surface area (Å²) in [4.78, 5) is 18.2. The minimum absolute atomic E-state index is 0.00166. The maximum atomic E-state index is 13.0. The van der Waals surface area contributed by atoms with Crippen LogP contribution in [0.15, 0.2) is 0 Å². The van der Waals surface area contributed by atoms with Crippen molar-refractivity contribution in [2.45, 2.75) is 277 Å². The lowest BCUT2D eigenvalue weighted by molar-refractivity contribution is -0.145. The zero-order valence-electron chi connectivity index (χ0n) is 42.4. The molecule has 1 aliphatic rings. The van der Waals surface area contributed by atoms with Crippen molar-refractivity contribution < 1.29 is 24.1 Å². The highest BCUT2D eigenvalue weighted by atomic mass is 16.5. The molecule has 0 heterocycles. The number of hydrogen-bond acceptors (Lipinski definition) is 7. The second kappa shape index (κ2) is 46.8. The van der Waals surface area contributed by atoms with Gasteiger partial charge in [-0.15, -0.1) is 0 Å². The molecule has 0 aromatic heterocycles. The van der Waals surface area contributed by atoms with Crippen LogP contribution >= 0.6 is 0 Å². The molecule has 7 nitrogen and oxygen atoms in total. The lowest BCUT2D eigenvalue weighted by atomic mass is 9.94. The molecular formula is C55H110N2O5. The first-order chi connectivity index (χ1) is 30.6. The van der Waals surface area contributed by atoms with Crippen molar-refractivity contribution in [2.24, 2.45) is 5.92 Å². The molecule has 0 bridgehead atoms. The number of ether oxygens (including phenoxy) is 3. The Kier molecular flexibility index (Phi) is 44.7. The third-order valence-corrected chi connectivity index (χ3v) is 13.7. The Morgan fingerprint density at radius 1 is 0.532 bits per heavy atom. The van der Waals surface area contributed by atoms with E-state index in [0.717, 1.165) is 78.0 Å². The van der Waals surface area contributed by atoms with Crippen molar-refractivity contribution in [3.63, 3.8) is 0 Å². The molecule has 1 aliphatic carbocycles. The van der Waals surface area contributed by atoms with Crippen LogP contribution in [-0.4, -0.2) is 98.8 Å². The molecule has 0 aromatic carbocycles. The highest BCUT2D eigenvalue weighted by Crippen LogP contribution is 2.23. The molecule has 0 saturated heterocycles. The standard InChI is InChI=1S/C55H110N2O5/c1-5-9-13-17-20-21-22-23-25-35-47-60-51-54(61-48-36-26-19-15-11-7-3)49-56(43-44-57(45-46-58)53-39-31-27-32-40-53)42-34-28-33-41-55(59)62-50-52(37-29-16-12-8-4)38-30-24-18-14-10-6-2/h52-54,58H,5-51H2,1-4H3. The summed E-state index contributed by atoms with van der Waals surface area (Å²) in [5, 5.41) is 10.0. The average molecular weight is 879 g/mol. The van der Waals surface area contributed by atoms with E-state index in [1.807, 2.05) is 0 Å². The normalized spacial score (nSPS) is 14.6. The molecule has 370 valence electrons. The number of carbonyl (C=O) groups excluding carboxylic acids is 1. The van der Waals surface area contributed by atoms with E-state index in [4.69, 9.17) is 14.2 Å². The maximum absolute atomic E-state index is 13.0. The van der Waals surface area contributed by atoms with Gasteiger partial charge in [-0.05, 0) is 63.8 Å². The van der Waals surface area contributed by atoms with Gasteiger partial charge >= 0.3 is 5.97 Å². The Labute approximate surface area is 387 Å². The first-order valence-corrected chi connectivity index (χ1v) is 28.0. The lowest BCUT2D eigenvalue weighted by Crippen LogP contribution is -2.45. The summed E-state index contributed by atoms with van der Waals surface area (Å²) in [6, 6.07) is 0.592. The molecule has 1 rings (SSSR count). The van der Waals surface area contributed by atoms with E-state index in [1.165, 1.54) is 199 Å². The van der Waals surface area contributed by atoms with E-state index < -0.39 is 0 Å². The first kappa shape index (κ1) is 59.3. The summed E-state index contributed by atoms with van der Waals surface area (Å²) in [6.07, 6.45) is 46.5. The molecule has 2 unspecified atom stereocenters. The molecule has 1 saturated carbocycles. The largest absolute Gasteiger partial charge is 0.465 e. The van der Waals surface area contributed by atoms with Crippen molar-refractivity contribution in [1.82, 2.24) is 9.80 Å². The number of hydrogen-bond donors (Lipinski definition) is 1. The number of rotatable bonds is 49. The fourth-order valence-corrected chi connectivity index (χ4v) is 9.54. The van der Waals surface area contributed by atoms with E-state index in [0.29, 0.717) is 31.6 Å². The van der Waals surface area contributed by atoms with Crippen LogP contribution in [0.1, 0.15) is 265 Å². The number of esters is 1. The Balaban J connectivity index is 2.74. The molecular weight excluding hydrogens is 769 g/mol. The molecule has 0 radical (unpaired) electrons. The second-order valence-electron chi connectivity index (χ2n) is 19.6. The Morgan fingerprint density at radius 3 is 1.60 bits per heavy atom. The van der Waals surface area contributed by atoms with Crippen molar-refractivity contribution in [3.8, 4) is 0 Å². The quantitative estimate of drug-likeness (QED) is 0.0482. The van der Waals surface area contributed by atoms with Gasteiger partial charge in [-0.2, -0.15) is 0 Å². The van der Waals surface area contributed by atoms with Gasteiger partial charge in [0.15, 0.2) is 0 Å². The number of aliphatic hydroxyl groups excluding tert-OH is 1. The summed E-state index contributed by atoms with van der Waals surface area (Å²) in [5.74, 6) is 0.517. The molecule has 1 fully saturated rings. The van der Waals surface area contributed by atoms with Gasteiger partial charge in [0, 0.05) is 51.9 Å². The summed E-state index contributed by atoms with van der Waals surface area (Å²) in [6.45, 7) is 16.9. The minimum atomic E-state index is -0.00166. The number of aliphatic hydroxyl groups is 1. The van der Waals surface area contributed by atoms with Gasteiger partial charge < -0.3 is 19.3 Å². The molecule has 0 amide bonds. The topological polar surface area (TPSA) is 71.5 Å². The second-order valence-corrected chi connectivity index (χ2v) is 19.6. The van der Waals surface area contributed by atoms with Crippen LogP contribution < -0.4 is 0 Å². The number of nitrogens with zero attached hydrogens (tertiary/aromatic N) is 2. The van der Waals surface area contributed by atoms with E-state index in [-0.39, 0.29) is 18.7 Å². The molecule has 0 spiro atoms. The predicted molar refractivity (Wildman–Crippen MR) is 267 cm³/mol. The van der Waals surface area contributed by atoms with Crippen LogP contribution in [-0.2, 0) is 19.0 Å².